The third-order valence-corrected chi connectivity index (χ3v) is 7.45. The topological polar surface area (TPSA) is 98.2 Å². The number of nitrogens with zero attached hydrogens (tertiary/aromatic N) is 4. The lowest BCUT2D eigenvalue weighted by Gasteiger charge is -2.36. The average molecular weight is 538 g/mol. The van der Waals surface area contributed by atoms with Gasteiger partial charge in [-0.15, -0.1) is 0 Å². The van der Waals surface area contributed by atoms with Gasteiger partial charge in [-0.05, 0) is 24.3 Å². The second kappa shape index (κ2) is 11.7. The quantitative estimate of drug-likeness (QED) is 0.478. The van der Waals surface area contributed by atoms with Crippen LogP contribution in [0.15, 0.2) is 42.5 Å². The van der Waals surface area contributed by atoms with Crippen molar-refractivity contribution >= 4 is 40.0 Å². The molecule has 5 rings (SSSR count). The van der Waals surface area contributed by atoms with Gasteiger partial charge in [-0.2, -0.15) is 0 Å². The number of nitrogens with one attached hydrogen (secondary N) is 1. The van der Waals surface area contributed by atoms with Crippen molar-refractivity contribution in [2.24, 2.45) is 0 Å². The number of halogens is 1. The van der Waals surface area contributed by atoms with Gasteiger partial charge < -0.3 is 20.1 Å². The summed E-state index contributed by atoms with van der Waals surface area (Å²) in [5.74, 6) is 0.350. The number of hydrogen-bond acceptors (Lipinski definition) is 7. The molecular weight excluding hydrogens is 506 g/mol. The number of amides is 2. The molecule has 9 nitrogen and oxygen atoms in total. The van der Waals surface area contributed by atoms with Crippen LogP contribution in [0, 0.1) is 0 Å². The highest BCUT2D eigenvalue weighted by atomic mass is 35.5. The van der Waals surface area contributed by atoms with Gasteiger partial charge in [0.15, 0.2) is 0 Å². The van der Waals surface area contributed by atoms with Crippen LogP contribution in [0.25, 0.3) is 10.9 Å². The summed E-state index contributed by atoms with van der Waals surface area (Å²) >= 11 is 6.11. The standard InChI is InChI=1S/C28H32ClN5O4/c1-38-25-7-6-19(29)16-24(25)31-26(36)18-33-9-8-23-21(17-33)27(20-4-2-3-5-22(20)30-23)28(37)34-12-10-32(11-13-34)14-15-35/h2-7,16,35H,8-15,17-18H2,1H3,(H,31,36). The number of anilines is 1. The van der Waals surface area contributed by atoms with Gasteiger partial charge in [-0.3, -0.25) is 24.4 Å². The molecule has 2 aromatic carbocycles. The zero-order valence-electron chi connectivity index (χ0n) is 21.5. The molecular formula is C28H32ClN5O4. The summed E-state index contributed by atoms with van der Waals surface area (Å²) in [4.78, 5) is 37.9. The fraction of sp³-hybridized carbons (Fsp3) is 0.393. The second-order valence-electron chi connectivity index (χ2n) is 9.64. The highest BCUT2D eigenvalue weighted by molar-refractivity contribution is 6.31. The van der Waals surface area contributed by atoms with Crippen LogP contribution in [0.1, 0.15) is 21.6 Å². The summed E-state index contributed by atoms with van der Waals surface area (Å²) in [6.45, 7) is 4.70. The molecule has 0 bridgehead atoms. The first kappa shape index (κ1) is 26.4. The van der Waals surface area contributed by atoms with E-state index in [0.717, 1.165) is 35.2 Å². The number of benzene rings is 2. The molecule has 0 spiro atoms. The molecule has 1 fully saturated rings. The summed E-state index contributed by atoms with van der Waals surface area (Å²) in [7, 11) is 1.54. The number of ether oxygens (including phenoxy) is 1. The number of β-amino-alcohol motifs (C(OH)–C–C–N with tert-alkyl or cyclic N) is 1. The van der Waals surface area contributed by atoms with E-state index in [4.69, 9.17) is 21.3 Å². The van der Waals surface area contributed by atoms with E-state index in [0.29, 0.717) is 61.2 Å². The van der Waals surface area contributed by atoms with Crippen LogP contribution in [-0.4, -0.2) is 96.1 Å². The van der Waals surface area contributed by atoms with Gasteiger partial charge in [-0.25, -0.2) is 0 Å². The van der Waals surface area contributed by atoms with Crippen LogP contribution in [0.4, 0.5) is 5.69 Å². The van der Waals surface area contributed by atoms with Crippen molar-refractivity contribution < 1.29 is 19.4 Å². The lowest BCUT2D eigenvalue weighted by atomic mass is 9.94. The van der Waals surface area contributed by atoms with Crippen molar-refractivity contribution in [1.82, 2.24) is 19.7 Å². The maximum absolute atomic E-state index is 13.9. The molecule has 200 valence electrons. The van der Waals surface area contributed by atoms with E-state index >= 15 is 0 Å². The summed E-state index contributed by atoms with van der Waals surface area (Å²) < 4.78 is 5.35. The second-order valence-corrected chi connectivity index (χ2v) is 10.1. The number of pyridine rings is 1. The number of hydrogen-bond donors (Lipinski definition) is 2. The van der Waals surface area contributed by atoms with Crippen LogP contribution in [-0.2, 0) is 17.8 Å². The zero-order valence-corrected chi connectivity index (χ0v) is 22.2. The van der Waals surface area contributed by atoms with E-state index in [1.807, 2.05) is 34.1 Å². The molecule has 2 N–H and O–H groups in total. The molecule has 0 unspecified atom stereocenters. The Morgan fingerprint density at radius 2 is 1.87 bits per heavy atom. The summed E-state index contributed by atoms with van der Waals surface area (Å²) in [6.07, 6.45) is 0.651. The fourth-order valence-corrected chi connectivity index (χ4v) is 5.44. The molecule has 1 aromatic heterocycles. The predicted molar refractivity (Wildman–Crippen MR) is 147 cm³/mol. The van der Waals surface area contributed by atoms with Crippen LogP contribution in [0.2, 0.25) is 5.02 Å². The maximum atomic E-state index is 13.9. The molecule has 0 aliphatic carbocycles. The van der Waals surface area contributed by atoms with Crippen molar-refractivity contribution in [3.63, 3.8) is 0 Å². The number of aliphatic hydroxyl groups excluding tert-OH is 1. The zero-order chi connectivity index (χ0) is 26.6. The Labute approximate surface area is 226 Å². The van der Waals surface area contributed by atoms with Gasteiger partial charge in [-0.1, -0.05) is 29.8 Å². The molecule has 0 radical (unpaired) electrons. The van der Waals surface area contributed by atoms with E-state index in [9.17, 15) is 14.7 Å². The van der Waals surface area contributed by atoms with E-state index in [1.165, 1.54) is 0 Å². The Kier molecular flexibility index (Phi) is 8.09. The number of fused-ring (bicyclic) bond motifs is 2. The van der Waals surface area contributed by atoms with Crippen molar-refractivity contribution in [1.29, 1.82) is 0 Å². The number of piperazine rings is 1. The monoisotopic (exact) mass is 537 g/mol. The Bertz CT molecular complexity index is 1340. The molecule has 0 saturated carbocycles. The van der Waals surface area contributed by atoms with E-state index in [2.05, 4.69) is 10.2 Å². The Morgan fingerprint density at radius 1 is 1.08 bits per heavy atom. The first-order valence-electron chi connectivity index (χ1n) is 12.9. The van der Waals surface area contributed by atoms with Crippen LogP contribution in [0.3, 0.4) is 0 Å². The van der Waals surface area contributed by atoms with Gasteiger partial charge in [0.2, 0.25) is 5.91 Å². The van der Waals surface area contributed by atoms with Crippen molar-refractivity contribution in [3.05, 3.63) is 64.3 Å². The van der Waals surface area contributed by atoms with Crippen molar-refractivity contribution in [2.45, 2.75) is 13.0 Å². The minimum atomic E-state index is -0.185. The summed E-state index contributed by atoms with van der Waals surface area (Å²) in [5.41, 5.74) is 3.83. The van der Waals surface area contributed by atoms with Crippen molar-refractivity contribution in [2.75, 3.05) is 64.8 Å². The lowest BCUT2D eigenvalue weighted by Crippen LogP contribution is -2.49. The van der Waals surface area contributed by atoms with E-state index < -0.39 is 0 Å². The number of aromatic nitrogens is 1. The van der Waals surface area contributed by atoms with Gasteiger partial charge >= 0.3 is 0 Å². The highest BCUT2D eigenvalue weighted by Gasteiger charge is 2.30. The third-order valence-electron chi connectivity index (χ3n) is 7.22. The molecule has 10 heteroatoms. The molecule has 3 aromatic rings. The van der Waals surface area contributed by atoms with Crippen molar-refractivity contribution in [3.8, 4) is 5.75 Å². The Morgan fingerprint density at radius 3 is 2.63 bits per heavy atom. The molecule has 2 aliphatic heterocycles. The molecule has 3 heterocycles. The molecule has 1 saturated heterocycles. The molecule has 2 aliphatic rings. The number of carbonyl (C=O) groups is 2. The molecule has 0 atom stereocenters. The summed E-state index contributed by atoms with van der Waals surface area (Å²) in [6, 6.07) is 12.9. The minimum absolute atomic E-state index is 0.00142. The highest BCUT2D eigenvalue weighted by Crippen LogP contribution is 2.30. The first-order valence-corrected chi connectivity index (χ1v) is 13.2. The van der Waals surface area contributed by atoms with Crippen LogP contribution >= 0.6 is 11.6 Å². The SMILES string of the molecule is COc1ccc(Cl)cc1NC(=O)CN1CCc2nc3ccccc3c(C(=O)N3CCN(CCO)CC3)c2C1. The number of rotatable bonds is 7. The number of methoxy groups -OCH3 is 1. The number of carbonyl (C=O) groups excluding carboxylic acids is 2. The lowest BCUT2D eigenvalue weighted by molar-refractivity contribution is -0.117. The van der Waals surface area contributed by atoms with Gasteiger partial charge in [0, 0.05) is 73.9 Å². The van der Waals surface area contributed by atoms with Gasteiger partial charge in [0.1, 0.15) is 5.75 Å². The number of para-hydroxylation sites is 1. The molecule has 2 amide bonds. The average Bonchev–Trinajstić information content (AvgIpc) is 2.92. The predicted octanol–water partition coefficient (Wildman–Crippen LogP) is 2.64. The molecule has 38 heavy (non-hydrogen) atoms. The fourth-order valence-electron chi connectivity index (χ4n) is 5.27. The summed E-state index contributed by atoms with van der Waals surface area (Å²) in [5, 5.41) is 13.5. The normalized spacial score (nSPS) is 16.3. The van der Waals surface area contributed by atoms with E-state index in [-0.39, 0.29) is 25.0 Å². The third kappa shape index (κ3) is 5.61. The maximum Gasteiger partial charge on any atom is 0.255 e. The van der Waals surface area contributed by atoms with Gasteiger partial charge in [0.05, 0.1) is 37.0 Å². The van der Waals surface area contributed by atoms with Crippen LogP contribution in [0.5, 0.6) is 5.75 Å². The van der Waals surface area contributed by atoms with E-state index in [1.54, 1.807) is 25.3 Å². The number of aliphatic hydroxyl groups is 1. The smallest absolute Gasteiger partial charge is 0.255 e. The van der Waals surface area contributed by atoms with Gasteiger partial charge in [0.25, 0.3) is 5.91 Å². The largest absolute Gasteiger partial charge is 0.495 e. The minimum Gasteiger partial charge on any atom is -0.495 e. The Hall–Kier alpha value is -3.24. The Balaban J connectivity index is 1.38. The first-order chi connectivity index (χ1) is 18.5. The van der Waals surface area contributed by atoms with Crippen LogP contribution < -0.4 is 10.1 Å².